The van der Waals surface area contributed by atoms with E-state index in [-0.39, 0.29) is 0 Å². The maximum atomic E-state index is 8.45. The molecular weight excluding hydrogens is 224 g/mol. The summed E-state index contributed by atoms with van der Waals surface area (Å²) in [5.74, 6) is 0.885. The van der Waals surface area contributed by atoms with Gasteiger partial charge in [0.1, 0.15) is 5.75 Å². The number of unbranched alkanes of at least 4 members (excludes halogenated alkanes) is 1. The molecular formula is C15H22N2O. The number of benzene rings is 1. The highest BCUT2D eigenvalue weighted by Crippen LogP contribution is 2.19. The van der Waals surface area contributed by atoms with Crippen molar-refractivity contribution in [3.63, 3.8) is 0 Å². The van der Waals surface area contributed by atoms with Crippen LogP contribution in [-0.4, -0.2) is 13.2 Å². The number of ether oxygens (including phenoxy) is 1. The van der Waals surface area contributed by atoms with Gasteiger partial charge in [0.15, 0.2) is 0 Å². The van der Waals surface area contributed by atoms with Gasteiger partial charge in [-0.15, -0.1) is 0 Å². The zero-order valence-corrected chi connectivity index (χ0v) is 11.3. The van der Waals surface area contributed by atoms with E-state index in [2.05, 4.69) is 37.4 Å². The van der Waals surface area contributed by atoms with E-state index in [0.717, 1.165) is 25.1 Å². The first kappa shape index (κ1) is 14.5. The third-order valence-electron chi connectivity index (χ3n) is 2.76. The molecule has 0 aromatic heterocycles. The Labute approximate surface area is 110 Å². The molecule has 1 aromatic carbocycles. The number of nitrogens with one attached hydrogen (secondary N) is 1. The lowest BCUT2D eigenvalue weighted by Gasteiger charge is -2.15. The van der Waals surface area contributed by atoms with Crippen LogP contribution in [0, 0.1) is 11.3 Å². The summed E-state index contributed by atoms with van der Waals surface area (Å²) in [6.45, 7) is 5.95. The normalized spacial score (nSPS) is 11.8. The van der Waals surface area contributed by atoms with Crippen LogP contribution in [0.3, 0.4) is 0 Å². The standard InChI is InChI=1S/C15H22N2O/c1-3-10-17-13(2)14-7-6-8-15(12-14)18-11-5-4-9-16/h6-8,12-13,17H,3-5,10-11H2,1-2H3. The van der Waals surface area contributed by atoms with Crippen molar-refractivity contribution < 1.29 is 4.74 Å². The fourth-order valence-corrected chi connectivity index (χ4v) is 1.69. The first-order valence-corrected chi connectivity index (χ1v) is 6.61. The van der Waals surface area contributed by atoms with Crippen LogP contribution in [0.5, 0.6) is 5.75 Å². The summed E-state index contributed by atoms with van der Waals surface area (Å²) in [7, 11) is 0. The van der Waals surface area contributed by atoms with Crippen molar-refractivity contribution in [1.29, 1.82) is 5.26 Å². The molecule has 0 aliphatic carbocycles. The maximum Gasteiger partial charge on any atom is 0.119 e. The highest BCUT2D eigenvalue weighted by atomic mass is 16.5. The second kappa shape index (κ2) is 8.54. The van der Waals surface area contributed by atoms with Gasteiger partial charge in [-0.25, -0.2) is 0 Å². The van der Waals surface area contributed by atoms with E-state index in [1.807, 2.05) is 12.1 Å². The minimum absolute atomic E-state index is 0.340. The largest absolute Gasteiger partial charge is 0.494 e. The quantitative estimate of drug-likeness (QED) is 0.715. The lowest BCUT2D eigenvalue weighted by Crippen LogP contribution is -2.19. The van der Waals surface area contributed by atoms with Crippen LogP contribution >= 0.6 is 0 Å². The first-order valence-electron chi connectivity index (χ1n) is 6.61. The molecule has 18 heavy (non-hydrogen) atoms. The molecule has 0 bridgehead atoms. The summed E-state index contributed by atoms with van der Waals surface area (Å²) in [5.41, 5.74) is 1.24. The molecule has 3 nitrogen and oxygen atoms in total. The second-order valence-corrected chi connectivity index (χ2v) is 4.36. The average Bonchev–Trinajstić information content (AvgIpc) is 2.41. The molecule has 1 aromatic rings. The molecule has 3 heteroatoms. The van der Waals surface area contributed by atoms with Crippen LogP contribution in [0.1, 0.15) is 44.7 Å². The summed E-state index contributed by atoms with van der Waals surface area (Å²) < 4.78 is 5.62. The fourth-order valence-electron chi connectivity index (χ4n) is 1.69. The van der Waals surface area contributed by atoms with E-state index < -0.39 is 0 Å². The predicted octanol–water partition coefficient (Wildman–Crippen LogP) is 3.43. The molecule has 0 amide bonds. The number of rotatable bonds is 8. The van der Waals surface area contributed by atoms with E-state index in [1.165, 1.54) is 5.56 Å². The van der Waals surface area contributed by atoms with E-state index in [4.69, 9.17) is 10.00 Å². The Kier molecular flexibility index (Phi) is 6.90. The average molecular weight is 246 g/mol. The van der Waals surface area contributed by atoms with Crippen LogP contribution in [0.25, 0.3) is 0 Å². The van der Waals surface area contributed by atoms with Crippen LogP contribution in [-0.2, 0) is 0 Å². The Hall–Kier alpha value is -1.53. The predicted molar refractivity (Wildman–Crippen MR) is 73.5 cm³/mol. The van der Waals surface area contributed by atoms with Crippen molar-refractivity contribution in [3.05, 3.63) is 29.8 Å². The van der Waals surface area contributed by atoms with Crippen molar-refractivity contribution in [2.45, 2.75) is 39.2 Å². The summed E-state index contributed by atoms with van der Waals surface area (Å²) in [5, 5.41) is 11.9. The second-order valence-electron chi connectivity index (χ2n) is 4.36. The maximum absolute atomic E-state index is 8.45. The van der Waals surface area contributed by atoms with E-state index in [1.54, 1.807) is 0 Å². The molecule has 0 spiro atoms. The molecule has 0 fully saturated rings. The zero-order chi connectivity index (χ0) is 13.2. The van der Waals surface area contributed by atoms with Crippen molar-refractivity contribution in [2.75, 3.05) is 13.2 Å². The molecule has 98 valence electrons. The molecule has 1 N–H and O–H groups in total. The van der Waals surface area contributed by atoms with Crippen LogP contribution in [0.15, 0.2) is 24.3 Å². The van der Waals surface area contributed by atoms with Gasteiger partial charge in [0.25, 0.3) is 0 Å². The molecule has 0 heterocycles. The summed E-state index contributed by atoms with van der Waals surface area (Å²) >= 11 is 0. The van der Waals surface area contributed by atoms with Gasteiger partial charge in [-0.3, -0.25) is 0 Å². The van der Waals surface area contributed by atoms with Gasteiger partial charge in [0, 0.05) is 12.5 Å². The Morgan fingerprint density at radius 2 is 2.28 bits per heavy atom. The van der Waals surface area contributed by atoms with Gasteiger partial charge in [0.05, 0.1) is 12.7 Å². The van der Waals surface area contributed by atoms with Crippen molar-refractivity contribution in [1.82, 2.24) is 5.32 Å². The van der Waals surface area contributed by atoms with Gasteiger partial charge >= 0.3 is 0 Å². The Morgan fingerprint density at radius 1 is 1.44 bits per heavy atom. The van der Waals surface area contributed by atoms with Gasteiger partial charge in [-0.1, -0.05) is 19.1 Å². The molecule has 1 atom stereocenters. The van der Waals surface area contributed by atoms with Gasteiger partial charge in [-0.2, -0.15) is 5.26 Å². The molecule has 0 aliphatic rings. The highest BCUT2D eigenvalue weighted by Gasteiger charge is 2.05. The monoisotopic (exact) mass is 246 g/mol. The number of hydrogen-bond acceptors (Lipinski definition) is 3. The molecule has 1 rings (SSSR count). The summed E-state index contributed by atoms with van der Waals surface area (Å²) in [6, 6.07) is 10.6. The Bertz CT molecular complexity index is 384. The summed E-state index contributed by atoms with van der Waals surface area (Å²) in [6.07, 6.45) is 2.47. The minimum atomic E-state index is 0.340. The molecule has 0 saturated heterocycles. The van der Waals surface area contributed by atoms with Crippen LogP contribution in [0.2, 0.25) is 0 Å². The lowest BCUT2D eigenvalue weighted by atomic mass is 10.1. The van der Waals surface area contributed by atoms with Crippen LogP contribution in [0.4, 0.5) is 0 Å². The molecule has 0 saturated carbocycles. The fraction of sp³-hybridized carbons (Fsp3) is 0.533. The lowest BCUT2D eigenvalue weighted by molar-refractivity contribution is 0.312. The van der Waals surface area contributed by atoms with Crippen molar-refractivity contribution in [2.24, 2.45) is 0 Å². The van der Waals surface area contributed by atoms with E-state index in [9.17, 15) is 0 Å². The Morgan fingerprint density at radius 3 is 3.00 bits per heavy atom. The van der Waals surface area contributed by atoms with Crippen molar-refractivity contribution >= 4 is 0 Å². The SMILES string of the molecule is CCCNC(C)c1cccc(OCCCC#N)c1. The van der Waals surface area contributed by atoms with Crippen LogP contribution < -0.4 is 10.1 Å². The molecule has 1 unspecified atom stereocenters. The zero-order valence-electron chi connectivity index (χ0n) is 11.3. The summed E-state index contributed by atoms with van der Waals surface area (Å²) in [4.78, 5) is 0. The Balaban J connectivity index is 2.48. The number of hydrogen-bond donors (Lipinski definition) is 1. The number of nitriles is 1. The third kappa shape index (κ3) is 5.20. The molecule has 0 radical (unpaired) electrons. The minimum Gasteiger partial charge on any atom is -0.494 e. The van der Waals surface area contributed by atoms with Gasteiger partial charge in [0.2, 0.25) is 0 Å². The highest BCUT2D eigenvalue weighted by molar-refractivity contribution is 5.30. The van der Waals surface area contributed by atoms with Gasteiger partial charge in [-0.05, 0) is 44.0 Å². The topological polar surface area (TPSA) is 45.0 Å². The molecule has 0 aliphatic heterocycles. The van der Waals surface area contributed by atoms with Gasteiger partial charge < -0.3 is 10.1 Å². The smallest absolute Gasteiger partial charge is 0.119 e. The number of nitrogens with zero attached hydrogens (tertiary/aromatic N) is 1. The van der Waals surface area contributed by atoms with E-state index in [0.29, 0.717) is 19.1 Å². The third-order valence-corrected chi connectivity index (χ3v) is 2.76. The first-order chi connectivity index (χ1) is 8.77. The van der Waals surface area contributed by atoms with E-state index >= 15 is 0 Å². The van der Waals surface area contributed by atoms with Crippen molar-refractivity contribution in [3.8, 4) is 11.8 Å².